The minimum absolute atomic E-state index is 0. The first-order valence-corrected chi connectivity index (χ1v) is 6.84. The van der Waals surface area contributed by atoms with Gasteiger partial charge < -0.3 is 10.5 Å². The van der Waals surface area contributed by atoms with E-state index in [0.29, 0.717) is 11.6 Å². The number of rotatable bonds is 3. The second kappa shape index (κ2) is 7.05. The molecule has 8 heteroatoms. The van der Waals surface area contributed by atoms with Gasteiger partial charge in [-0.1, -0.05) is 46.9 Å². The van der Waals surface area contributed by atoms with Gasteiger partial charge >= 0.3 is 6.09 Å². The van der Waals surface area contributed by atoms with Crippen LogP contribution >= 0.6 is 47.2 Å². The zero-order valence-electron chi connectivity index (χ0n) is 10.3. The van der Waals surface area contributed by atoms with E-state index >= 15 is 0 Å². The van der Waals surface area contributed by atoms with Crippen LogP contribution in [-0.4, -0.2) is 22.5 Å². The quantitative estimate of drug-likeness (QED) is 0.806. The fourth-order valence-electron chi connectivity index (χ4n) is 1.71. The second-order valence-electron chi connectivity index (χ2n) is 4.44. The van der Waals surface area contributed by atoms with Gasteiger partial charge in [0.05, 0.1) is 0 Å². The Balaban J connectivity index is 0.00000200. The molecule has 0 spiro atoms. The molecule has 1 aromatic carbocycles. The van der Waals surface area contributed by atoms with E-state index in [4.69, 9.17) is 45.3 Å². The summed E-state index contributed by atoms with van der Waals surface area (Å²) >= 11 is 16.4. The van der Waals surface area contributed by atoms with Crippen molar-refractivity contribution in [1.29, 1.82) is 0 Å². The zero-order chi connectivity index (χ0) is 14.0. The van der Waals surface area contributed by atoms with E-state index in [1.165, 1.54) is 5.56 Å². The van der Waals surface area contributed by atoms with Crippen LogP contribution in [0.3, 0.4) is 0 Å². The second-order valence-corrected chi connectivity index (χ2v) is 6.96. The summed E-state index contributed by atoms with van der Waals surface area (Å²) in [4.78, 5) is 11.4. The van der Waals surface area contributed by atoms with E-state index in [2.05, 4.69) is 5.32 Å². The highest BCUT2D eigenvalue weighted by molar-refractivity contribution is 6.67. The minimum atomic E-state index is -1.61. The van der Waals surface area contributed by atoms with E-state index in [0.717, 1.165) is 6.42 Å². The monoisotopic (exact) mass is 358 g/mol. The standard InChI is InChI=1S/C12H13Cl3N2O2.ClH/c13-12(14,15)6-19-11(18)17-8-3-1-7(2-4-8)9-5-10(9)16;/h1-4,9-10H,5-6,16H2,(H,17,18);1H. The third kappa shape index (κ3) is 5.54. The number of alkyl halides is 3. The Bertz CT molecular complexity index is 462. The molecule has 4 nitrogen and oxygen atoms in total. The average molecular weight is 360 g/mol. The highest BCUT2D eigenvalue weighted by atomic mass is 35.6. The molecule has 2 rings (SSSR count). The van der Waals surface area contributed by atoms with Gasteiger partial charge in [-0.15, -0.1) is 12.4 Å². The molecular formula is C12H14Cl4N2O2. The third-order valence-electron chi connectivity index (χ3n) is 2.79. The van der Waals surface area contributed by atoms with Crippen molar-refractivity contribution in [3.8, 4) is 0 Å². The first kappa shape index (κ1) is 17.7. The molecule has 0 aliphatic heterocycles. The van der Waals surface area contributed by atoms with Gasteiger partial charge in [-0.05, 0) is 24.1 Å². The number of hydrogen-bond acceptors (Lipinski definition) is 3. The maximum atomic E-state index is 11.4. The Morgan fingerprint density at radius 2 is 1.90 bits per heavy atom. The van der Waals surface area contributed by atoms with Gasteiger partial charge in [0.2, 0.25) is 3.79 Å². The van der Waals surface area contributed by atoms with Crippen LogP contribution in [0.4, 0.5) is 10.5 Å². The molecule has 20 heavy (non-hydrogen) atoms. The van der Waals surface area contributed by atoms with Crippen LogP contribution in [0, 0.1) is 0 Å². The van der Waals surface area contributed by atoms with Crippen LogP contribution in [0.5, 0.6) is 0 Å². The zero-order valence-corrected chi connectivity index (χ0v) is 13.4. The van der Waals surface area contributed by atoms with Crippen molar-refractivity contribution in [2.45, 2.75) is 22.2 Å². The fraction of sp³-hybridized carbons (Fsp3) is 0.417. The summed E-state index contributed by atoms with van der Waals surface area (Å²) in [6.07, 6.45) is 0.347. The first-order chi connectivity index (χ1) is 8.85. The van der Waals surface area contributed by atoms with Gasteiger partial charge in [-0.3, -0.25) is 5.32 Å². The number of amides is 1. The SMILES string of the molecule is Cl.NC1CC1c1ccc(NC(=O)OCC(Cl)(Cl)Cl)cc1. The maximum absolute atomic E-state index is 11.4. The van der Waals surface area contributed by atoms with Crippen molar-refractivity contribution < 1.29 is 9.53 Å². The molecule has 0 heterocycles. The summed E-state index contributed by atoms with van der Waals surface area (Å²) in [6.45, 7) is -0.307. The number of carbonyl (C=O) groups is 1. The number of hydrogen-bond donors (Lipinski definition) is 2. The molecule has 0 bridgehead atoms. The summed E-state index contributed by atoms with van der Waals surface area (Å²) in [5, 5.41) is 2.54. The largest absolute Gasteiger partial charge is 0.445 e. The van der Waals surface area contributed by atoms with Crippen molar-refractivity contribution in [3.63, 3.8) is 0 Å². The van der Waals surface area contributed by atoms with Gasteiger partial charge in [-0.25, -0.2) is 4.79 Å². The molecule has 0 aromatic heterocycles. The molecule has 2 atom stereocenters. The van der Waals surface area contributed by atoms with E-state index in [1.807, 2.05) is 12.1 Å². The van der Waals surface area contributed by atoms with Gasteiger partial charge in [0.25, 0.3) is 0 Å². The number of ether oxygens (including phenoxy) is 1. The van der Waals surface area contributed by atoms with Crippen LogP contribution < -0.4 is 11.1 Å². The molecule has 1 fully saturated rings. The lowest BCUT2D eigenvalue weighted by molar-refractivity contribution is 0.164. The Hall–Kier alpha value is -0.390. The summed E-state index contributed by atoms with van der Waals surface area (Å²) in [6, 6.07) is 7.70. The normalized spacial score (nSPS) is 20.8. The predicted molar refractivity (Wildman–Crippen MR) is 84.3 cm³/mol. The van der Waals surface area contributed by atoms with Crippen molar-refractivity contribution in [2.75, 3.05) is 11.9 Å². The lowest BCUT2D eigenvalue weighted by Gasteiger charge is -2.12. The van der Waals surface area contributed by atoms with Gasteiger partial charge in [0.15, 0.2) is 0 Å². The Morgan fingerprint density at radius 3 is 2.35 bits per heavy atom. The van der Waals surface area contributed by atoms with Crippen LogP contribution in [0.15, 0.2) is 24.3 Å². The number of benzene rings is 1. The number of nitrogens with one attached hydrogen (secondary N) is 1. The first-order valence-electron chi connectivity index (χ1n) is 5.71. The number of carbonyl (C=O) groups excluding carboxylic acids is 1. The van der Waals surface area contributed by atoms with Crippen LogP contribution in [0.2, 0.25) is 0 Å². The van der Waals surface area contributed by atoms with Crippen molar-refractivity contribution in [3.05, 3.63) is 29.8 Å². The lowest BCUT2D eigenvalue weighted by atomic mass is 10.1. The average Bonchev–Trinajstić information content (AvgIpc) is 3.04. The molecule has 2 unspecified atom stereocenters. The minimum Gasteiger partial charge on any atom is -0.445 e. The number of halogens is 4. The van der Waals surface area contributed by atoms with E-state index in [9.17, 15) is 4.79 Å². The summed E-state index contributed by atoms with van der Waals surface area (Å²) in [7, 11) is 0. The molecule has 1 saturated carbocycles. The molecule has 1 aromatic rings. The predicted octanol–water partition coefficient (Wildman–Crippen LogP) is 3.84. The summed E-state index contributed by atoms with van der Waals surface area (Å²) < 4.78 is 3.14. The van der Waals surface area contributed by atoms with Crippen molar-refractivity contribution >= 4 is 59.0 Å². The van der Waals surface area contributed by atoms with Crippen molar-refractivity contribution in [1.82, 2.24) is 0 Å². The molecule has 3 N–H and O–H groups in total. The fourth-order valence-corrected chi connectivity index (χ4v) is 1.88. The highest BCUT2D eigenvalue weighted by Gasteiger charge is 2.34. The van der Waals surface area contributed by atoms with E-state index in [1.54, 1.807) is 12.1 Å². The van der Waals surface area contributed by atoms with Gasteiger partial charge in [0, 0.05) is 17.6 Å². The Labute approximate surface area is 138 Å². The third-order valence-corrected chi connectivity index (χ3v) is 3.12. The molecule has 1 aliphatic carbocycles. The van der Waals surface area contributed by atoms with Crippen molar-refractivity contribution in [2.24, 2.45) is 5.73 Å². The van der Waals surface area contributed by atoms with Crippen LogP contribution in [0.1, 0.15) is 17.9 Å². The van der Waals surface area contributed by atoms with E-state index in [-0.39, 0.29) is 25.1 Å². The van der Waals surface area contributed by atoms with E-state index < -0.39 is 9.89 Å². The molecule has 0 saturated heterocycles. The summed E-state index contributed by atoms with van der Waals surface area (Å²) in [5.41, 5.74) is 7.56. The Morgan fingerprint density at radius 1 is 1.35 bits per heavy atom. The van der Waals surface area contributed by atoms with Gasteiger partial charge in [0.1, 0.15) is 6.61 Å². The van der Waals surface area contributed by atoms with Crippen LogP contribution in [-0.2, 0) is 4.74 Å². The smallest absolute Gasteiger partial charge is 0.411 e. The summed E-state index contributed by atoms with van der Waals surface area (Å²) in [5.74, 6) is 0.436. The number of nitrogens with two attached hydrogens (primary N) is 1. The highest BCUT2D eigenvalue weighted by Crippen LogP contribution is 2.39. The molecular weight excluding hydrogens is 346 g/mol. The number of anilines is 1. The van der Waals surface area contributed by atoms with Crippen LogP contribution in [0.25, 0.3) is 0 Å². The molecule has 1 aliphatic rings. The molecule has 1 amide bonds. The lowest BCUT2D eigenvalue weighted by Crippen LogP contribution is -2.21. The Kier molecular flexibility index (Phi) is 6.23. The maximum Gasteiger partial charge on any atom is 0.411 e. The molecule has 0 radical (unpaired) electrons. The molecule has 112 valence electrons. The topological polar surface area (TPSA) is 64.3 Å². The van der Waals surface area contributed by atoms with Gasteiger partial charge in [-0.2, -0.15) is 0 Å².